The van der Waals surface area contributed by atoms with Gasteiger partial charge in [0.05, 0.1) is 18.8 Å². The number of hydrogen-bond acceptors (Lipinski definition) is 7. The number of morpholine rings is 1. The van der Waals surface area contributed by atoms with Gasteiger partial charge in [0, 0.05) is 37.6 Å². The summed E-state index contributed by atoms with van der Waals surface area (Å²) in [6.45, 7) is 4.88. The molecule has 0 radical (unpaired) electrons. The largest absolute Gasteiger partial charge is 0.478 e. The SMILES string of the molecule is O=C(O)c1c(S(=O)(=O)NCCN2CCOCC2)sc2c1CCNC2. The number of sulfonamides is 1. The molecule has 1 saturated heterocycles. The highest BCUT2D eigenvalue weighted by Gasteiger charge is 2.31. The maximum atomic E-state index is 12.6. The number of hydrogen-bond donors (Lipinski definition) is 3. The van der Waals surface area contributed by atoms with Gasteiger partial charge in [0.2, 0.25) is 0 Å². The first-order chi connectivity index (χ1) is 11.5. The minimum absolute atomic E-state index is 0.0598. The molecule has 3 heterocycles. The Morgan fingerprint density at radius 3 is 2.83 bits per heavy atom. The van der Waals surface area contributed by atoms with Gasteiger partial charge >= 0.3 is 5.97 Å². The highest BCUT2D eigenvalue weighted by molar-refractivity contribution is 7.91. The van der Waals surface area contributed by atoms with Gasteiger partial charge in [-0.25, -0.2) is 17.9 Å². The second kappa shape index (κ2) is 7.46. The minimum atomic E-state index is -3.83. The summed E-state index contributed by atoms with van der Waals surface area (Å²) < 4.78 is 32.9. The van der Waals surface area contributed by atoms with E-state index < -0.39 is 16.0 Å². The number of aromatic carboxylic acids is 1. The highest BCUT2D eigenvalue weighted by atomic mass is 32.2. The number of nitrogens with one attached hydrogen (secondary N) is 2. The lowest BCUT2D eigenvalue weighted by Gasteiger charge is -2.26. The van der Waals surface area contributed by atoms with Crippen molar-refractivity contribution in [2.24, 2.45) is 0 Å². The smallest absolute Gasteiger partial charge is 0.338 e. The summed E-state index contributed by atoms with van der Waals surface area (Å²) in [7, 11) is -3.83. The van der Waals surface area contributed by atoms with Gasteiger partial charge in [-0.3, -0.25) is 4.90 Å². The van der Waals surface area contributed by atoms with Gasteiger partial charge in [0.1, 0.15) is 4.21 Å². The maximum absolute atomic E-state index is 12.6. The molecule has 0 aromatic carbocycles. The lowest BCUT2D eigenvalue weighted by atomic mass is 10.1. The molecular formula is C14H21N3O5S2. The molecule has 0 spiro atoms. The standard InChI is InChI=1S/C14H21N3O5S2/c18-13(19)12-10-1-2-15-9-11(10)23-14(12)24(20,21)16-3-4-17-5-7-22-8-6-17/h15-16H,1-9H2,(H,18,19). The van der Waals surface area contributed by atoms with E-state index >= 15 is 0 Å². The van der Waals surface area contributed by atoms with E-state index in [1.165, 1.54) is 0 Å². The molecule has 0 unspecified atom stereocenters. The third-order valence-electron chi connectivity index (χ3n) is 4.18. The fourth-order valence-electron chi connectivity index (χ4n) is 2.94. The van der Waals surface area contributed by atoms with E-state index in [0.717, 1.165) is 29.3 Å². The van der Waals surface area contributed by atoms with Crippen LogP contribution >= 0.6 is 11.3 Å². The van der Waals surface area contributed by atoms with E-state index in [1.54, 1.807) is 0 Å². The van der Waals surface area contributed by atoms with E-state index in [2.05, 4.69) is 14.9 Å². The Bertz CT molecular complexity index is 710. The van der Waals surface area contributed by atoms with Crippen molar-refractivity contribution in [3.63, 3.8) is 0 Å². The molecule has 1 fully saturated rings. The Morgan fingerprint density at radius 2 is 2.12 bits per heavy atom. The second-order valence-electron chi connectivity index (χ2n) is 5.75. The Kier molecular flexibility index (Phi) is 5.52. The first-order valence-corrected chi connectivity index (χ1v) is 10.2. The molecule has 0 bridgehead atoms. The van der Waals surface area contributed by atoms with Gasteiger partial charge in [0.15, 0.2) is 0 Å². The van der Waals surface area contributed by atoms with Crippen LogP contribution in [-0.4, -0.2) is 70.3 Å². The van der Waals surface area contributed by atoms with E-state index in [1.807, 2.05) is 0 Å². The lowest BCUT2D eigenvalue weighted by molar-refractivity contribution is 0.0390. The first-order valence-electron chi connectivity index (χ1n) is 7.87. The molecule has 0 aliphatic carbocycles. The summed E-state index contributed by atoms with van der Waals surface area (Å²) in [5.74, 6) is -1.18. The Balaban J connectivity index is 1.74. The predicted octanol–water partition coefficient (Wildman–Crippen LogP) is -0.297. The Hall–Kier alpha value is -1.04. The molecule has 1 aromatic rings. The average Bonchev–Trinajstić information content (AvgIpc) is 2.96. The van der Waals surface area contributed by atoms with Gasteiger partial charge in [-0.05, 0) is 18.5 Å². The molecule has 3 N–H and O–H groups in total. The van der Waals surface area contributed by atoms with Gasteiger partial charge in [-0.15, -0.1) is 11.3 Å². The first kappa shape index (κ1) is 17.8. The zero-order valence-electron chi connectivity index (χ0n) is 13.2. The third kappa shape index (κ3) is 3.79. The Labute approximate surface area is 144 Å². The Morgan fingerprint density at radius 1 is 1.38 bits per heavy atom. The number of carboxylic acids is 1. The maximum Gasteiger partial charge on any atom is 0.338 e. The summed E-state index contributed by atoms with van der Waals surface area (Å²) in [6.07, 6.45) is 0.538. The molecule has 134 valence electrons. The number of thiophene rings is 1. The number of rotatable bonds is 6. The zero-order chi connectivity index (χ0) is 17.2. The summed E-state index contributed by atoms with van der Waals surface area (Å²) in [6, 6.07) is 0. The van der Waals surface area contributed by atoms with Crippen molar-refractivity contribution in [2.75, 3.05) is 45.9 Å². The van der Waals surface area contributed by atoms with Crippen LogP contribution in [0.4, 0.5) is 0 Å². The molecule has 1 aromatic heterocycles. The molecule has 2 aliphatic heterocycles. The number of nitrogens with zero attached hydrogens (tertiary/aromatic N) is 1. The summed E-state index contributed by atoms with van der Waals surface area (Å²) in [4.78, 5) is 14.5. The number of fused-ring (bicyclic) bond motifs is 1. The van der Waals surface area contributed by atoms with Crippen molar-refractivity contribution >= 4 is 27.3 Å². The fourth-order valence-corrected chi connectivity index (χ4v) is 5.87. The van der Waals surface area contributed by atoms with Gasteiger partial charge in [0.25, 0.3) is 10.0 Å². The number of carboxylic acid groups (broad SMARTS) is 1. The molecule has 24 heavy (non-hydrogen) atoms. The van der Waals surface area contributed by atoms with Crippen molar-refractivity contribution in [3.05, 3.63) is 16.0 Å². The van der Waals surface area contributed by atoms with Crippen LogP contribution in [0.15, 0.2) is 4.21 Å². The monoisotopic (exact) mass is 375 g/mol. The molecule has 0 amide bonds. The quantitative estimate of drug-likeness (QED) is 0.627. The van der Waals surface area contributed by atoms with Gasteiger partial charge in [-0.1, -0.05) is 0 Å². The van der Waals surface area contributed by atoms with Crippen LogP contribution < -0.4 is 10.0 Å². The summed E-state index contributed by atoms with van der Waals surface area (Å²) in [5, 5.41) is 12.6. The molecule has 3 rings (SSSR count). The van der Waals surface area contributed by atoms with Crippen LogP contribution in [0, 0.1) is 0 Å². The van der Waals surface area contributed by atoms with Gasteiger partial charge in [-0.2, -0.15) is 0 Å². The van der Waals surface area contributed by atoms with Crippen LogP contribution in [0.5, 0.6) is 0 Å². The molecule has 10 heteroatoms. The summed E-state index contributed by atoms with van der Waals surface area (Å²) in [5.41, 5.74) is 0.593. The molecule has 0 atom stereocenters. The molecule has 2 aliphatic rings. The number of ether oxygens (including phenoxy) is 1. The third-order valence-corrected chi connectivity index (χ3v) is 7.39. The highest BCUT2D eigenvalue weighted by Crippen LogP contribution is 2.34. The van der Waals surface area contributed by atoms with Crippen molar-refractivity contribution in [3.8, 4) is 0 Å². The van der Waals surface area contributed by atoms with Crippen molar-refractivity contribution < 1.29 is 23.1 Å². The van der Waals surface area contributed by atoms with Crippen molar-refractivity contribution in [1.82, 2.24) is 14.9 Å². The summed E-state index contributed by atoms with van der Waals surface area (Å²) >= 11 is 1.06. The van der Waals surface area contributed by atoms with Crippen LogP contribution in [0.2, 0.25) is 0 Å². The van der Waals surface area contributed by atoms with Crippen LogP contribution in [0.25, 0.3) is 0 Å². The molecular weight excluding hydrogens is 354 g/mol. The van der Waals surface area contributed by atoms with E-state index in [0.29, 0.717) is 44.8 Å². The molecule has 0 saturated carbocycles. The second-order valence-corrected chi connectivity index (χ2v) is 8.82. The van der Waals surface area contributed by atoms with E-state index in [-0.39, 0.29) is 16.3 Å². The lowest BCUT2D eigenvalue weighted by Crippen LogP contribution is -2.41. The van der Waals surface area contributed by atoms with Crippen molar-refractivity contribution in [2.45, 2.75) is 17.2 Å². The topological polar surface area (TPSA) is 108 Å². The van der Waals surface area contributed by atoms with Crippen LogP contribution in [0.1, 0.15) is 20.8 Å². The molecule has 8 nitrogen and oxygen atoms in total. The number of carbonyl (C=O) groups is 1. The van der Waals surface area contributed by atoms with Crippen LogP contribution in [-0.2, 0) is 27.7 Å². The van der Waals surface area contributed by atoms with Gasteiger partial charge < -0.3 is 15.2 Å². The van der Waals surface area contributed by atoms with Crippen LogP contribution in [0.3, 0.4) is 0 Å². The zero-order valence-corrected chi connectivity index (χ0v) is 14.8. The van der Waals surface area contributed by atoms with E-state index in [9.17, 15) is 18.3 Å². The fraction of sp³-hybridized carbons (Fsp3) is 0.643. The average molecular weight is 375 g/mol. The van der Waals surface area contributed by atoms with E-state index in [4.69, 9.17) is 4.74 Å². The predicted molar refractivity (Wildman–Crippen MR) is 89.1 cm³/mol. The van der Waals surface area contributed by atoms with Crippen molar-refractivity contribution in [1.29, 1.82) is 0 Å². The normalized spacial score (nSPS) is 19.2. The minimum Gasteiger partial charge on any atom is -0.478 e.